The Balaban J connectivity index is 1.51. The molecule has 27 heavy (non-hydrogen) atoms. The molecule has 3 aromatic rings. The molecule has 1 aromatic heterocycles. The fraction of sp³-hybridized carbons (Fsp3) is 0.300. The van der Waals surface area contributed by atoms with Crippen LogP contribution < -0.4 is 4.90 Å². The van der Waals surface area contributed by atoms with Gasteiger partial charge in [0.25, 0.3) is 5.91 Å². The highest BCUT2D eigenvalue weighted by Gasteiger charge is 2.27. The summed E-state index contributed by atoms with van der Waals surface area (Å²) in [7, 11) is 0. The van der Waals surface area contributed by atoms with Crippen molar-refractivity contribution < 1.29 is 13.6 Å². The number of thiazole rings is 1. The number of hydrogen-bond acceptors (Lipinski definition) is 4. The van der Waals surface area contributed by atoms with E-state index in [2.05, 4.69) is 30.9 Å². The second-order valence-corrected chi connectivity index (χ2v) is 7.78. The molecule has 0 aliphatic carbocycles. The Labute approximate surface area is 160 Å². The van der Waals surface area contributed by atoms with Crippen molar-refractivity contribution in [2.75, 3.05) is 31.1 Å². The van der Waals surface area contributed by atoms with Crippen LogP contribution in [0.25, 0.3) is 10.2 Å². The van der Waals surface area contributed by atoms with Crippen LogP contribution in [0.2, 0.25) is 0 Å². The zero-order valence-electron chi connectivity index (χ0n) is 15.1. The maximum Gasteiger partial charge on any atom is 0.259 e. The molecular formula is C20H19F2N3OS. The van der Waals surface area contributed by atoms with Gasteiger partial charge in [0.1, 0.15) is 17.2 Å². The topological polar surface area (TPSA) is 36.4 Å². The minimum Gasteiger partial charge on any atom is -0.345 e. The van der Waals surface area contributed by atoms with Gasteiger partial charge in [-0.15, -0.1) is 0 Å². The van der Waals surface area contributed by atoms with E-state index in [0.29, 0.717) is 26.2 Å². The number of carbonyl (C=O) groups excluding carboxylic acids is 1. The second-order valence-electron chi connectivity index (χ2n) is 6.80. The van der Waals surface area contributed by atoms with Crippen LogP contribution in [-0.2, 0) is 0 Å². The lowest BCUT2D eigenvalue weighted by Crippen LogP contribution is -2.49. The average molecular weight is 387 g/mol. The molecule has 0 unspecified atom stereocenters. The predicted molar refractivity (Wildman–Crippen MR) is 104 cm³/mol. The zero-order chi connectivity index (χ0) is 19.1. The summed E-state index contributed by atoms with van der Waals surface area (Å²) in [6, 6.07) is 7.69. The van der Waals surface area contributed by atoms with E-state index in [0.717, 1.165) is 22.8 Å². The molecule has 4 rings (SSSR count). The predicted octanol–water partition coefficient (Wildman–Crippen LogP) is 4.15. The number of aromatic nitrogens is 1. The van der Waals surface area contributed by atoms with Gasteiger partial charge in [0.15, 0.2) is 5.13 Å². The Kier molecular flexibility index (Phi) is 4.55. The average Bonchev–Trinajstić information content (AvgIpc) is 3.06. The van der Waals surface area contributed by atoms with Crippen molar-refractivity contribution in [3.63, 3.8) is 0 Å². The molecule has 1 aliphatic rings. The molecule has 0 atom stereocenters. The third-order valence-corrected chi connectivity index (χ3v) is 6.09. The molecule has 1 amide bonds. The highest BCUT2D eigenvalue weighted by molar-refractivity contribution is 7.22. The minimum atomic E-state index is -0.820. The van der Waals surface area contributed by atoms with Gasteiger partial charge in [0, 0.05) is 26.2 Å². The number of fused-ring (bicyclic) bond motifs is 1. The van der Waals surface area contributed by atoms with Crippen molar-refractivity contribution in [3.05, 3.63) is 58.7 Å². The van der Waals surface area contributed by atoms with Gasteiger partial charge >= 0.3 is 0 Å². The number of nitrogens with zero attached hydrogens (tertiary/aromatic N) is 3. The highest BCUT2D eigenvalue weighted by Crippen LogP contribution is 2.32. The molecule has 0 bridgehead atoms. The molecule has 4 nitrogen and oxygen atoms in total. The molecule has 1 saturated heterocycles. The summed E-state index contributed by atoms with van der Waals surface area (Å²) in [6.45, 7) is 6.11. The summed E-state index contributed by atoms with van der Waals surface area (Å²) in [5.74, 6) is -2.24. The van der Waals surface area contributed by atoms with E-state index in [1.54, 1.807) is 11.3 Å². The van der Waals surface area contributed by atoms with E-state index in [1.807, 2.05) is 0 Å². The first-order chi connectivity index (χ1) is 12.9. The first kappa shape index (κ1) is 17.9. The quantitative estimate of drug-likeness (QED) is 0.663. The third-order valence-electron chi connectivity index (χ3n) is 4.82. The smallest absolute Gasteiger partial charge is 0.259 e. The zero-order valence-corrected chi connectivity index (χ0v) is 15.9. The SMILES string of the molecule is Cc1cc(C)c2sc(N3CCN(C(=O)c4c(F)cccc4F)CC3)nc2c1. The van der Waals surface area contributed by atoms with Crippen molar-refractivity contribution in [3.8, 4) is 0 Å². The van der Waals surface area contributed by atoms with Crippen LogP contribution in [0.15, 0.2) is 30.3 Å². The first-order valence-electron chi connectivity index (χ1n) is 8.80. The monoisotopic (exact) mass is 387 g/mol. The Morgan fingerprint density at radius 2 is 1.74 bits per heavy atom. The number of piperazine rings is 1. The number of carbonyl (C=O) groups is 1. The molecule has 1 fully saturated rings. The van der Waals surface area contributed by atoms with Gasteiger partial charge in [0.2, 0.25) is 0 Å². The summed E-state index contributed by atoms with van der Waals surface area (Å²) in [4.78, 5) is 20.9. The molecule has 7 heteroatoms. The van der Waals surface area contributed by atoms with Crippen molar-refractivity contribution in [1.82, 2.24) is 9.88 Å². The van der Waals surface area contributed by atoms with Gasteiger partial charge in [-0.2, -0.15) is 0 Å². The van der Waals surface area contributed by atoms with Crippen LogP contribution in [0, 0.1) is 25.5 Å². The van der Waals surface area contributed by atoms with Gasteiger partial charge < -0.3 is 9.80 Å². The van der Waals surface area contributed by atoms with Crippen LogP contribution in [0.3, 0.4) is 0 Å². The van der Waals surface area contributed by atoms with Crippen molar-refractivity contribution in [2.45, 2.75) is 13.8 Å². The number of anilines is 1. The molecule has 1 aliphatic heterocycles. The Morgan fingerprint density at radius 1 is 1.07 bits per heavy atom. The fourth-order valence-electron chi connectivity index (χ4n) is 3.46. The van der Waals surface area contributed by atoms with Crippen molar-refractivity contribution >= 4 is 32.6 Å². The van der Waals surface area contributed by atoms with E-state index in [-0.39, 0.29) is 0 Å². The molecule has 140 valence electrons. The maximum absolute atomic E-state index is 13.9. The number of halogens is 2. The van der Waals surface area contributed by atoms with Gasteiger partial charge in [0.05, 0.1) is 10.2 Å². The molecule has 0 saturated carbocycles. The highest BCUT2D eigenvalue weighted by atomic mass is 32.1. The number of hydrogen-bond donors (Lipinski definition) is 0. The number of rotatable bonds is 2. The lowest BCUT2D eigenvalue weighted by atomic mass is 10.1. The van der Waals surface area contributed by atoms with E-state index in [9.17, 15) is 13.6 Å². The fourth-order valence-corrected chi connectivity index (χ4v) is 4.53. The molecule has 0 N–H and O–H groups in total. The van der Waals surface area contributed by atoms with Gasteiger partial charge in [-0.1, -0.05) is 23.5 Å². The third kappa shape index (κ3) is 3.27. The van der Waals surface area contributed by atoms with E-state index in [1.165, 1.54) is 26.8 Å². The normalized spacial score (nSPS) is 14.8. The first-order valence-corrected chi connectivity index (χ1v) is 9.61. The summed E-state index contributed by atoms with van der Waals surface area (Å²) in [5, 5.41) is 0.919. The summed E-state index contributed by atoms with van der Waals surface area (Å²) in [6.07, 6.45) is 0. The van der Waals surface area contributed by atoms with E-state index in [4.69, 9.17) is 4.98 Å². The Bertz CT molecular complexity index is 1010. The number of aryl methyl sites for hydroxylation is 2. The lowest BCUT2D eigenvalue weighted by molar-refractivity contribution is 0.0737. The lowest BCUT2D eigenvalue weighted by Gasteiger charge is -2.34. The largest absolute Gasteiger partial charge is 0.345 e. The second kappa shape index (κ2) is 6.88. The standard InChI is InChI=1S/C20H19F2N3OS/c1-12-10-13(2)18-16(11-12)23-20(27-18)25-8-6-24(7-9-25)19(26)17-14(21)4-3-5-15(17)22/h3-5,10-11H,6-9H2,1-2H3. The van der Waals surface area contributed by atoms with E-state index >= 15 is 0 Å². The molecular weight excluding hydrogens is 368 g/mol. The summed E-state index contributed by atoms with van der Waals surface area (Å²) >= 11 is 1.64. The molecule has 0 spiro atoms. The van der Waals surface area contributed by atoms with Crippen LogP contribution in [-0.4, -0.2) is 42.0 Å². The Morgan fingerprint density at radius 3 is 2.41 bits per heavy atom. The minimum absolute atomic E-state index is 0.403. The summed E-state index contributed by atoms with van der Waals surface area (Å²) < 4.78 is 28.9. The van der Waals surface area contributed by atoms with Crippen LogP contribution >= 0.6 is 11.3 Å². The van der Waals surface area contributed by atoms with Gasteiger partial charge in [-0.05, 0) is 43.2 Å². The van der Waals surface area contributed by atoms with Crippen LogP contribution in [0.5, 0.6) is 0 Å². The number of benzene rings is 2. The van der Waals surface area contributed by atoms with Crippen molar-refractivity contribution in [1.29, 1.82) is 0 Å². The van der Waals surface area contributed by atoms with Gasteiger partial charge in [-0.3, -0.25) is 4.79 Å². The van der Waals surface area contributed by atoms with E-state index < -0.39 is 23.1 Å². The molecule has 0 radical (unpaired) electrons. The number of amides is 1. The van der Waals surface area contributed by atoms with Crippen molar-refractivity contribution in [2.24, 2.45) is 0 Å². The summed E-state index contributed by atoms with van der Waals surface area (Å²) in [5.41, 5.74) is 2.90. The van der Waals surface area contributed by atoms with Crippen LogP contribution in [0.4, 0.5) is 13.9 Å². The maximum atomic E-state index is 13.9. The van der Waals surface area contributed by atoms with Crippen LogP contribution in [0.1, 0.15) is 21.5 Å². The Hall–Kier alpha value is -2.54. The molecule has 2 aromatic carbocycles. The van der Waals surface area contributed by atoms with Gasteiger partial charge in [-0.25, -0.2) is 13.8 Å². The molecule has 2 heterocycles.